The molecule has 3 aromatic rings. The number of halogens is 5. The average Bonchev–Trinajstić information content (AvgIpc) is 3.39. The van der Waals surface area contributed by atoms with Gasteiger partial charge >= 0.3 is 6.18 Å². The highest BCUT2D eigenvalue weighted by molar-refractivity contribution is 6.30. The van der Waals surface area contributed by atoms with Gasteiger partial charge in [-0.15, -0.1) is 0 Å². The van der Waals surface area contributed by atoms with Gasteiger partial charge < -0.3 is 15.2 Å². The summed E-state index contributed by atoms with van der Waals surface area (Å²) < 4.78 is 59.9. The minimum atomic E-state index is -4.36. The maximum absolute atomic E-state index is 13.8. The molecule has 1 amide bonds. The molecule has 3 heterocycles. The van der Waals surface area contributed by atoms with Crippen molar-refractivity contribution < 1.29 is 32.2 Å². The first-order valence-electron chi connectivity index (χ1n) is 11.2. The zero-order valence-electron chi connectivity index (χ0n) is 18.6. The zero-order chi connectivity index (χ0) is 25.5. The highest BCUT2D eigenvalue weighted by Crippen LogP contribution is 2.65. The first kappa shape index (κ1) is 23.3. The number of hydrogen-bond donors (Lipinski definition) is 2. The summed E-state index contributed by atoms with van der Waals surface area (Å²) in [6, 6.07) is 2.37. The maximum atomic E-state index is 13.8. The number of hydrogen-bond acceptors (Lipinski definition) is 5. The Kier molecular flexibility index (Phi) is 4.97. The van der Waals surface area contributed by atoms with E-state index in [-0.39, 0.29) is 28.6 Å². The van der Waals surface area contributed by atoms with Crippen LogP contribution in [0.1, 0.15) is 37.4 Å². The van der Waals surface area contributed by atoms with Gasteiger partial charge in [0.05, 0.1) is 29.1 Å². The van der Waals surface area contributed by atoms with Gasteiger partial charge in [-0.25, -0.2) is 4.39 Å². The largest absolute Gasteiger partial charge is 0.480 e. The molecule has 1 aliphatic heterocycles. The first-order valence-corrected chi connectivity index (χ1v) is 11.6. The molecule has 1 aromatic carbocycles. The van der Waals surface area contributed by atoms with E-state index in [0.717, 1.165) is 10.7 Å². The zero-order valence-corrected chi connectivity index (χ0v) is 19.4. The number of nitrogens with one attached hydrogen (secondary N) is 1. The maximum Gasteiger partial charge on any atom is 0.408 e. The smallest absolute Gasteiger partial charge is 0.408 e. The van der Waals surface area contributed by atoms with Crippen molar-refractivity contribution in [1.29, 1.82) is 0 Å². The van der Waals surface area contributed by atoms with Crippen LogP contribution in [0.25, 0.3) is 11.1 Å². The lowest BCUT2D eigenvalue weighted by molar-refractivity contribution is -0.165. The summed E-state index contributed by atoms with van der Waals surface area (Å²) in [5.41, 5.74) is 0.842. The van der Waals surface area contributed by atoms with E-state index in [0.29, 0.717) is 36.0 Å². The lowest BCUT2D eigenvalue weighted by atomic mass is 9.44. The Morgan fingerprint density at radius 2 is 1.89 bits per heavy atom. The number of benzene rings is 1. The molecule has 8 nitrogen and oxygen atoms in total. The Morgan fingerprint density at radius 3 is 2.61 bits per heavy atom. The van der Waals surface area contributed by atoms with E-state index in [2.05, 4.69) is 15.5 Å². The lowest BCUT2D eigenvalue weighted by Crippen LogP contribution is -2.79. The summed E-state index contributed by atoms with van der Waals surface area (Å²) in [6.07, 6.45) is 1.65. The van der Waals surface area contributed by atoms with E-state index in [9.17, 15) is 27.5 Å². The van der Waals surface area contributed by atoms with Crippen LogP contribution in [0.2, 0.25) is 5.02 Å². The topological polar surface area (TPSA) is 94.2 Å². The van der Waals surface area contributed by atoms with Gasteiger partial charge in [0, 0.05) is 47.1 Å². The molecule has 0 unspecified atom stereocenters. The molecule has 3 aliphatic carbocycles. The van der Waals surface area contributed by atoms with Gasteiger partial charge in [0.15, 0.2) is 6.10 Å². The Bertz CT molecular complexity index is 1350. The van der Waals surface area contributed by atoms with Crippen molar-refractivity contribution in [1.82, 2.24) is 24.9 Å². The molecule has 36 heavy (non-hydrogen) atoms. The fourth-order valence-electron chi connectivity index (χ4n) is 5.56. The van der Waals surface area contributed by atoms with Crippen molar-refractivity contribution in [2.75, 3.05) is 0 Å². The monoisotopic (exact) mass is 525 g/mol. The molecule has 2 N–H and O–H groups in total. The van der Waals surface area contributed by atoms with E-state index in [1.165, 1.54) is 18.5 Å². The van der Waals surface area contributed by atoms with Gasteiger partial charge in [-0.1, -0.05) is 11.6 Å². The predicted octanol–water partition coefficient (Wildman–Crippen LogP) is 3.73. The van der Waals surface area contributed by atoms with Gasteiger partial charge in [-0.2, -0.15) is 23.4 Å². The number of carbonyl (C=O) groups excluding carboxylic acids is 1. The standard InChI is InChI=1S/C23H20ClF4N5O3/c24-15-1-14-17(34)3-19(36-18(14)2-16(15)25)20(35)31-21-8-22(9-21,10-21)33-7-13(5-30-33)12-4-29-32(6-12)11-23(26,27)28/h1-2,4-7,17,19,34H,3,8-11H2,(H,31,35)/t17-,19-,21?,22?/m1/s1. The third-order valence-electron chi connectivity index (χ3n) is 7.18. The third kappa shape index (κ3) is 3.83. The summed E-state index contributed by atoms with van der Waals surface area (Å²) in [5, 5.41) is 21.4. The number of carbonyl (C=O) groups is 1. The first-order chi connectivity index (χ1) is 16.9. The number of ether oxygens (including phenoxy) is 1. The van der Waals surface area contributed by atoms with E-state index in [1.807, 2.05) is 0 Å². The molecular weight excluding hydrogens is 506 g/mol. The van der Waals surface area contributed by atoms with Crippen LogP contribution >= 0.6 is 11.6 Å². The van der Waals surface area contributed by atoms with E-state index >= 15 is 0 Å². The third-order valence-corrected chi connectivity index (χ3v) is 7.47. The van der Waals surface area contributed by atoms with Gasteiger partial charge in [-0.3, -0.25) is 14.2 Å². The second kappa shape index (κ2) is 7.69. The normalized spacial score (nSPS) is 28.5. The number of nitrogens with zero attached hydrogens (tertiary/aromatic N) is 4. The predicted molar refractivity (Wildman–Crippen MR) is 118 cm³/mol. The van der Waals surface area contributed by atoms with Crippen molar-refractivity contribution in [3.63, 3.8) is 0 Å². The molecule has 13 heteroatoms. The van der Waals surface area contributed by atoms with Crippen molar-refractivity contribution in [2.24, 2.45) is 0 Å². The quantitative estimate of drug-likeness (QED) is 0.495. The van der Waals surface area contributed by atoms with Crippen molar-refractivity contribution in [3.8, 4) is 16.9 Å². The van der Waals surface area contributed by atoms with Crippen molar-refractivity contribution in [3.05, 3.63) is 53.3 Å². The molecule has 0 radical (unpaired) electrons. The molecule has 0 spiro atoms. The van der Waals surface area contributed by atoms with Crippen LogP contribution < -0.4 is 10.1 Å². The summed E-state index contributed by atoms with van der Waals surface area (Å²) in [7, 11) is 0. The lowest BCUT2D eigenvalue weighted by Gasteiger charge is -2.70. The molecule has 2 bridgehead atoms. The van der Waals surface area contributed by atoms with Crippen LogP contribution in [0.3, 0.4) is 0 Å². The van der Waals surface area contributed by atoms with Crippen molar-refractivity contribution >= 4 is 17.5 Å². The minimum Gasteiger partial charge on any atom is -0.480 e. The minimum absolute atomic E-state index is 0.0204. The highest BCUT2D eigenvalue weighted by atomic mass is 35.5. The fourth-order valence-corrected chi connectivity index (χ4v) is 5.74. The molecule has 3 saturated carbocycles. The van der Waals surface area contributed by atoms with Gasteiger partial charge in [0.25, 0.3) is 5.91 Å². The molecule has 7 rings (SSSR count). The molecule has 4 aliphatic rings. The summed E-state index contributed by atoms with van der Waals surface area (Å²) >= 11 is 5.78. The van der Waals surface area contributed by atoms with Crippen LogP contribution in [0.4, 0.5) is 17.6 Å². The number of aliphatic hydroxyl groups excluding tert-OH is 1. The van der Waals surface area contributed by atoms with Crippen LogP contribution in [-0.2, 0) is 16.9 Å². The molecule has 190 valence electrons. The van der Waals surface area contributed by atoms with E-state index < -0.39 is 36.3 Å². The number of aromatic nitrogens is 4. The SMILES string of the molecule is O=C(NC12CC(n3cc(-c4cnn(CC(F)(F)F)c4)cn3)(C1)C2)[C@H]1C[C@@H](O)c2cc(Cl)c(F)cc2O1. The van der Waals surface area contributed by atoms with Crippen LogP contribution in [0.15, 0.2) is 36.9 Å². The van der Waals surface area contributed by atoms with Gasteiger partial charge in [0.1, 0.15) is 18.1 Å². The van der Waals surface area contributed by atoms with Crippen LogP contribution in [0, 0.1) is 5.82 Å². The molecule has 2 atom stereocenters. The number of amides is 1. The Hall–Kier alpha value is -3.12. The second-order valence-electron chi connectivity index (χ2n) is 9.90. The average molecular weight is 526 g/mol. The molecule has 2 aromatic heterocycles. The number of aliphatic hydroxyl groups is 1. The van der Waals surface area contributed by atoms with Crippen LogP contribution in [-0.4, -0.2) is 48.4 Å². The Balaban J connectivity index is 1.08. The Labute approximate surface area is 206 Å². The van der Waals surface area contributed by atoms with E-state index in [4.69, 9.17) is 16.3 Å². The van der Waals surface area contributed by atoms with Gasteiger partial charge in [-0.05, 0) is 25.3 Å². The summed E-state index contributed by atoms with van der Waals surface area (Å²) in [6.45, 7) is -1.16. The van der Waals surface area contributed by atoms with Crippen molar-refractivity contribution in [2.45, 2.75) is 61.7 Å². The second-order valence-corrected chi connectivity index (χ2v) is 10.3. The van der Waals surface area contributed by atoms with Gasteiger partial charge in [0.2, 0.25) is 0 Å². The molecule has 3 fully saturated rings. The highest BCUT2D eigenvalue weighted by Gasteiger charge is 2.70. The van der Waals surface area contributed by atoms with E-state index in [1.54, 1.807) is 17.1 Å². The van der Waals surface area contributed by atoms with Crippen LogP contribution in [0.5, 0.6) is 5.75 Å². The Morgan fingerprint density at radius 1 is 1.19 bits per heavy atom. The summed E-state index contributed by atoms with van der Waals surface area (Å²) in [5.74, 6) is -0.995. The summed E-state index contributed by atoms with van der Waals surface area (Å²) in [4.78, 5) is 12.9. The number of alkyl halides is 3. The fraction of sp³-hybridized carbons (Fsp3) is 0.435. The number of rotatable bonds is 5. The molecule has 0 saturated heterocycles. The number of fused-ring (bicyclic) bond motifs is 1. The molecular formula is C23H20ClF4N5O3.